The zero-order chi connectivity index (χ0) is 11.5. The molecule has 0 atom stereocenters. The molecule has 3 aromatic carbocycles. The van der Waals surface area contributed by atoms with E-state index in [1.54, 1.807) is 11.8 Å². The molecule has 0 saturated carbocycles. The normalized spacial score (nSPS) is 10.6. The molecule has 1 heteroatoms. The Kier molecular flexibility index (Phi) is 2.85. The van der Waals surface area contributed by atoms with Crippen LogP contribution in [-0.2, 0) is 0 Å². The average Bonchev–Trinajstić information content (AvgIpc) is 2.40. The van der Waals surface area contributed by atoms with E-state index in [2.05, 4.69) is 66.7 Å². The number of benzene rings is 3. The van der Waals surface area contributed by atoms with E-state index >= 15 is 0 Å². The lowest BCUT2D eigenvalue weighted by molar-refractivity contribution is 1.42. The lowest BCUT2D eigenvalue weighted by atomic mass is 10.1. The van der Waals surface area contributed by atoms with Crippen molar-refractivity contribution in [1.29, 1.82) is 0 Å². The van der Waals surface area contributed by atoms with Gasteiger partial charge in [-0.2, -0.15) is 0 Å². The van der Waals surface area contributed by atoms with Gasteiger partial charge >= 0.3 is 0 Å². The molecule has 0 unspecified atom stereocenters. The summed E-state index contributed by atoms with van der Waals surface area (Å²) >= 11 is 1.75. The van der Waals surface area contributed by atoms with Crippen LogP contribution >= 0.6 is 11.8 Å². The van der Waals surface area contributed by atoms with Crippen molar-refractivity contribution in [2.24, 2.45) is 0 Å². The second kappa shape index (κ2) is 4.64. The summed E-state index contributed by atoms with van der Waals surface area (Å²) in [6, 6.07) is 26.4. The lowest BCUT2D eigenvalue weighted by Gasteiger charge is -2.02. The maximum Gasteiger partial charge on any atom is 0.0207 e. The Bertz CT molecular complexity index is 629. The number of fused-ring (bicyclic) bond motifs is 1. The molecule has 0 N–H and O–H groups in total. The summed E-state index contributed by atoms with van der Waals surface area (Å²) in [6.45, 7) is 0. The summed E-state index contributed by atoms with van der Waals surface area (Å²) in [5, 5.41) is 2.42. The van der Waals surface area contributed by atoms with E-state index < -0.39 is 0 Å². The van der Waals surface area contributed by atoms with Crippen LogP contribution in [-0.4, -0.2) is 0 Å². The van der Waals surface area contributed by atoms with Crippen molar-refractivity contribution in [3.8, 4) is 0 Å². The summed E-state index contributed by atoms with van der Waals surface area (Å²) in [7, 11) is 0. The highest BCUT2D eigenvalue weighted by Crippen LogP contribution is 2.29. The maximum atomic E-state index is 3.44. The van der Waals surface area contributed by atoms with Gasteiger partial charge in [0.25, 0.3) is 0 Å². The summed E-state index contributed by atoms with van der Waals surface area (Å²) < 4.78 is 0. The molecule has 0 fully saturated rings. The van der Waals surface area contributed by atoms with Crippen LogP contribution in [0.3, 0.4) is 0 Å². The first-order chi connectivity index (χ1) is 8.42. The van der Waals surface area contributed by atoms with Crippen LogP contribution in [0.25, 0.3) is 10.8 Å². The number of rotatable bonds is 2. The molecule has 0 amide bonds. The second-order valence-electron chi connectivity index (χ2n) is 3.82. The Balaban J connectivity index is 1.96. The zero-order valence-corrected chi connectivity index (χ0v) is 10.1. The fourth-order valence-electron chi connectivity index (χ4n) is 1.77. The van der Waals surface area contributed by atoms with Crippen LogP contribution in [0, 0.1) is 6.07 Å². The molecule has 0 aromatic heterocycles. The molecule has 0 spiro atoms. The standard InChI is InChI=1S/C16H11S/c1-2-8-15(9-3-1)17-16-11-10-13-6-4-5-7-14(13)12-16/h1-11H. The first-order valence-electron chi connectivity index (χ1n) is 5.56. The van der Waals surface area contributed by atoms with Crippen molar-refractivity contribution >= 4 is 22.5 Å². The SMILES string of the molecule is [c]1c(Sc2ccccc2)ccc2ccccc12. The molecule has 0 aliphatic rings. The molecule has 0 nitrogen and oxygen atoms in total. The van der Waals surface area contributed by atoms with Crippen molar-refractivity contribution in [3.05, 3.63) is 72.8 Å². The molecule has 0 saturated heterocycles. The Labute approximate surface area is 105 Å². The van der Waals surface area contributed by atoms with Crippen molar-refractivity contribution in [2.75, 3.05) is 0 Å². The summed E-state index contributed by atoms with van der Waals surface area (Å²) in [6.07, 6.45) is 0. The van der Waals surface area contributed by atoms with Crippen molar-refractivity contribution in [2.45, 2.75) is 9.79 Å². The van der Waals surface area contributed by atoms with E-state index in [0.717, 1.165) is 4.90 Å². The van der Waals surface area contributed by atoms with Crippen molar-refractivity contribution in [3.63, 3.8) is 0 Å². The predicted molar refractivity (Wildman–Crippen MR) is 73.3 cm³/mol. The van der Waals surface area contributed by atoms with Crippen LogP contribution in [0.15, 0.2) is 76.5 Å². The fraction of sp³-hybridized carbons (Fsp3) is 0. The van der Waals surface area contributed by atoms with E-state index in [-0.39, 0.29) is 0 Å². The molecule has 3 rings (SSSR count). The first kappa shape index (κ1) is 10.4. The Morgan fingerprint density at radius 1 is 0.706 bits per heavy atom. The molecule has 0 heterocycles. The van der Waals surface area contributed by atoms with Gasteiger partial charge < -0.3 is 0 Å². The third-order valence-corrected chi connectivity index (χ3v) is 3.57. The van der Waals surface area contributed by atoms with Gasteiger partial charge in [0.2, 0.25) is 0 Å². The van der Waals surface area contributed by atoms with Crippen molar-refractivity contribution in [1.82, 2.24) is 0 Å². The fourth-order valence-corrected chi connectivity index (χ4v) is 2.62. The van der Waals surface area contributed by atoms with Gasteiger partial charge in [0, 0.05) is 15.9 Å². The second-order valence-corrected chi connectivity index (χ2v) is 4.94. The van der Waals surface area contributed by atoms with Gasteiger partial charge in [0.15, 0.2) is 0 Å². The first-order valence-corrected chi connectivity index (χ1v) is 6.37. The third-order valence-electron chi connectivity index (χ3n) is 2.60. The van der Waals surface area contributed by atoms with Crippen LogP contribution in [0.5, 0.6) is 0 Å². The quantitative estimate of drug-likeness (QED) is 0.615. The number of hydrogen-bond donors (Lipinski definition) is 0. The molecule has 1 radical (unpaired) electrons. The van der Waals surface area contributed by atoms with Gasteiger partial charge in [-0.15, -0.1) is 0 Å². The van der Waals surface area contributed by atoms with Crippen LogP contribution in [0.4, 0.5) is 0 Å². The van der Waals surface area contributed by atoms with Gasteiger partial charge in [0.05, 0.1) is 0 Å². The van der Waals surface area contributed by atoms with Crippen LogP contribution in [0.1, 0.15) is 0 Å². The summed E-state index contributed by atoms with van der Waals surface area (Å²) in [4.78, 5) is 2.41. The molecule has 81 valence electrons. The highest BCUT2D eigenvalue weighted by atomic mass is 32.2. The highest BCUT2D eigenvalue weighted by Gasteiger charge is 1.99. The minimum atomic E-state index is 1.16. The minimum absolute atomic E-state index is 1.16. The largest absolute Gasteiger partial charge is 0.0894 e. The van der Waals surface area contributed by atoms with Gasteiger partial charge in [-0.25, -0.2) is 0 Å². The van der Waals surface area contributed by atoms with Crippen molar-refractivity contribution < 1.29 is 0 Å². The van der Waals surface area contributed by atoms with Crippen LogP contribution in [0.2, 0.25) is 0 Å². The highest BCUT2D eigenvalue weighted by molar-refractivity contribution is 7.99. The Morgan fingerprint density at radius 2 is 1.47 bits per heavy atom. The van der Waals surface area contributed by atoms with E-state index in [4.69, 9.17) is 0 Å². The molecular weight excluding hydrogens is 224 g/mol. The maximum absolute atomic E-state index is 3.44. The molecule has 17 heavy (non-hydrogen) atoms. The Hall–Kier alpha value is -1.73. The zero-order valence-electron chi connectivity index (χ0n) is 9.26. The smallest absolute Gasteiger partial charge is 0.0207 e. The third kappa shape index (κ3) is 2.34. The monoisotopic (exact) mass is 235 g/mol. The van der Waals surface area contributed by atoms with E-state index in [9.17, 15) is 0 Å². The summed E-state index contributed by atoms with van der Waals surface area (Å²) in [5.41, 5.74) is 0. The van der Waals surface area contributed by atoms with E-state index in [1.165, 1.54) is 15.7 Å². The Morgan fingerprint density at radius 3 is 2.35 bits per heavy atom. The van der Waals surface area contributed by atoms with Gasteiger partial charge in [-0.1, -0.05) is 60.3 Å². The number of hydrogen-bond acceptors (Lipinski definition) is 1. The average molecular weight is 235 g/mol. The van der Waals surface area contributed by atoms with Gasteiger partial charge in [-0.3, -0.25) is 0 Å². The van der Waals surface area contributed by atoms with E-state index in [1.807, 2.05) is 6.07 Å². The summed E-state index contributed by atoms with van der Waals surface area (Å²) in [5.74, 6) is 0. The molecule has 0 aliphatic carbocycles. The molecular formula is C16H11S. The van der Waals surface area contributed by atoms with E-state index in [0.29, 0.717) is 0 Å². The topological polar surface area (TPSA) is 0 Å². The van der Waals surface area contributed by atoms with Gasteiger partial charge in [-0.05, 0) is 29.0 Å². The molecule has 3 aromatic rings. The molecule has 0 aliphatic heterocycles. The van der Waals surface area contributed by atoms with Gasteiger partial charge in [0.1, 0.15) is 0 Å². The minimum Gasteiger partial charge on any atom is -0.0894 e. The van der Waals surface area contributed by atoms with Crippen LogP contribution < -0.4 is 0 Å². The molecule has 0 bridgehead atoms. The lowest BCUT2D eigenvalue weighted by Crippen LogP contribution is -1.76. The predicted octanol–water partition coefficient (Wildman–Crippen LogP) is 4.79.